The molecule has 8 nitrogen and oxygen atoms in total. The van der Waals surface area contributed by atoms with E-state index in [4.69, 9.17) is 9.72 Å². The lowest BCUT2D eigenvalue weighted by atomic mass is 9.77. The van der Waals surface area contributed by atoms with E-state index in [0.29, 0.717) is 11.8 Å². The zero-order chi connectivity index (χ0) is 18.5. The topological polar surface area (TPSA) is 77.6 Å². The van der Waals surface area contributed by atoms with Crippen molar-refractivity contribution in [1.29, 1.82) is 0 Å². The molecule has 3 aromatic rings. The Morgan fingerprint density at radius 2 is 2.26 bits per heavy atom. The molecule has 8 heteroatoms. The molecular weight excluding hydrogens is 344 g/mol. The molecule has 0 N–H and O–H groups in total. The fourth-order valence-corrected chi connectivity index (χ4v) is 4.18. The van der Waals surface area contributed by atoms with Crippen molar-refractivity contribution in [2.24, 2.45) is 13.0 Å². The summed E-state index contributed by atoms with van der Waals surface area (Å²) in [6.45, 7) is 4.36. The van der Waals surface area contributed by atoms with Crippen molar-refractivity contribution in [2.75, 3.05) is 6.54 Å². The molecule has 3 atom stereocenters. The number of amides is 1. The molecule has 2 aliphatic rings. The van der Waals surface area contributed by atoms with Crippen molar-refractivity contribution in [1.82, 2.24) is 29.3 Å². The Morgan fingerprint density at radius 1 is 1.37 bits per heavy atom. The number of fused-ring (bicyclic) bond motifs is 2. The monoisotopic (exact) mass is 364 g/mol. The van der Waals surface area contributed by atoms with Crippen molar-refractivity contribution in [2.45, 2.75) is 25.0 Å². The number of aromatic nitrogens is 5. The average Bonchev–Trinajstić information content (AvgIpc) is 3.37. The van der Waals surface area contributed by atoms with Gasteiger partial charge in [0.25, 0.3) is 0 Å². The smallest absolute Gasteiger partial charge is 0.246 e. The zero-order valence-corrected chi connectivity index (χ0v) is 15.0. The first-order valence-electron chi connectivity index (χ1n) is 9.07. The van der Waals surface area contributed by atoms with Crippen LogP contribution in [-0.4, -0.2) is 53.9 Å². The predicted octanol–water partition coefficient (Wildman–Crippen LogP) is 1.68. The molecule has 1 amide bonds. The number of nitrogens with zero attached hydrogens (tertiary/aromatic N) is 6. The van der Waals surface area contributed by atoms with Gasteiger partial charge in [0.05, 0.1) is 24.3 Å². The third-order valence-corrected chi connectivity index (χ3v) is 5.63. The largest absolute Gasteiger partial charge is 0.472 e. The van der Waals surface area contributed by atoms with Gasteiger partial charge in [0, 0.05) is 43.7 Å². The lowest BCUT2D eigenvalue weighted by Gasteiger charge is -2.42. The van der Waals surface area contributed by atoms with Gasteiger partial charge >= 0.3 is 0 Å². The van der Waals surface area contributed by atoms with Crippen LogP contribution in [0.1, 0.15) is 12.8 Å². The molecule has 5 rings (SSSR count). The van der Waals surface area contributed by atoms with Crippen LogP contribution in [0.5, 0.6) is 5.88 Å². The first kappa shape index (κ1) is 16.0. The third-order valence-electron chi connectivity index (χ3n) is 5.63. The Morgan fingerprint density at radius 3 is 3.04 bits per heavy atom. The number of carbonyl (C=O) groups is 1. The number of ether oxygens (including phenoxy) is 1. The van der Waals surface area contributed by atoms with Crippen LogP contribution in [0, 0.1) is 5.92 Å². The van der Waals surface area contributed by atoms with E-state index in [1.807, 2.05) is 30.4 Å². The highest BCUT2D eigenvalue weighted by atomic mass is 16.5. The molecule has 2 fully saturated rings. The molecule has 1 saturated carbocycles. The molecular formula is C19H20N6O2. The third kappa shape index (κ3) is 2.51. The first-order chi connectivity index (χ1) is 13.1. The van der Waals surface area contributed by atoms with Gasteiger partial charge in [0.15, 0.2) is 0 Å². The second-order valence-corrected chi connectivity index (χ2v) is 7.14. The molecule has 27 heavy (non-hydrogen) atoms. The number of aryl methyl sites for hydroxylation is 1. The van der Waals surface area contributed by atoms with Gasteiger partial charge in [-0.25, -0.2) is 9.50 Å². The molecule has 1 aliphatic carbocycles. The number of rotatable bonds is 4. The van der Waals surface area contributed by atoms with Crippen molar-refractivity contribution in [3.8, 4) is 17.1 Å². The number of hydrogen-bond donors (Lipinski definition) is 0. The maximum absolute atomic E-state index is 11.9. The predicted molar refractivity (Wildman–Crippen MR) is 98.0 cm³/mol. The van der Waals surface area contributed by atoms with E-state index in [1.165, 1.54) is 6.08 Å². The van der Waals surface area contributed by atoms with Crippen LogP contribution in [0.15, 0.2) is 43.5 Å². The van der Waals surface area contributed by atoms with Crippen molar-refractivity contribution < 1.29 is 9.53 Å². The minimum Gasteiger partial charge on any atom is -0.472 e. The normalized spacial score (nSPS) is 23.9. The molecule has 0 radical (unpaired) electrons. The van der Waals surface area contributed by atoms with Gasteiger partial charge < -0.3 is 9.64 Å². The van der Waals surface area contributed by atoms with Crippen molar-refractivity contribution >= 4 is 11.4 Å². The molecule has 0 bridgehead atoms. The number of hydrogen-bond acceptors (Lipinski definition) is 5. The van der Waals surface area contributed by atoms with Crippen LogP contribution < -0.4 is 4.74 Å². The maximum atomic E-state index is 11.9. The minimum atomic E-state index is 0.0100. The van der Waals surface area contributed by atoms with Crippen LogP contribution in [0.2, 0.25) is 0 Å². The van der Waals surface area contributed by atoms with Gasteiger partial charge in [-0.2, -0.15) is 10.2 Å². The molecule has 4 heterocycles. The molecule has 138 valence electrons. The molecule has 0 unspecified atom stereocenters. The van der Waals surface area contributed by atoms with E-state index in [-0.39, 0.29) is 18.1 Å². The summed E-state index contributed by atoms with van der Waals surface area (Å²) in [7, 11) is 1.87. The summed E-state index contributed by atoms with van der Waals surface area (Å²) in [5.74, 6) is 0.933. The minimum absolute atomic E-state index is 0.0100. The van der Waals surface area contributed by atoms with Gasteiger partial charge in [0.1, 0.15) is 11.6 Å². The summed E-state index contributed by atoms with van der Waals surface area (Å²) in [5.41, 5.74) is 2.51. The quantitative estimate of drug-likeness (QED) is 0.659. The fourth-order valence-electron chi connectivity index (χ4n) is 4.18. The highest BCUT2D eigenvalue weighted by Gasteiger charge is 2.51. The molecule has 1 saturated heterocycles. The van der Waals surface area contributed by atoms with E-state index >= 15 is 0 Å². The summed E-state index contributed by atoms with van der Waals surface area (Å²) >= 11 is 0. The van der Waals surface area contributed by atoms with Gasteiger partial charge in [-0.3, -0.25) is 9.48 Å². The lowest BCUT2D eigenvalue weighted by Crippen LogP contribution is -2.53. The summed E-state index contributed by atoms with van der Waals surface area (Å²) in [6.07, 6.45) is 10.5. The maximum Gasteiger partial charge on any atom is 0.246 e. The molecule has 0 spiro atoms. The Labute approximate surface area is 156 Å². The number of carbonyl (C=O) groups excluding carboxylic acids is 1. The molecule has 3 aromatic heterocycles. The summed E-state index contributed by atoms with van der Waals surface area (Å²) in [4.78, 5) is 18.6. The highest BCUT2D eigenvalue weighted by molar-refractivity contribution is 5.87. The van der Waals surface area contributed by atoms with E-state index in [2.05, 4.69) is 16.8 Å². The van der Waals surface area contributed by atoms with Crippen LogP contribution in [0.4, 0.5) is 0 Å². The Bertz CT molecular complexity index is 1040. The van der Waals surface area contributed by atoms with Crippen LogP contribution in [0.25, 0.3) is 16.8 Å². The summed E-state index contributed by atoms with van der Waals surface area (Å²) in [5, 5.41) is 8.56. The summed E-state index contributed by atoms with van der Waals surface area (Å²) < 4.78 is 9.83. The van der Waals surface area contributed by atoms with Crippen LogP contribution in [-0.2, 0) is 11.8 Å². The van der Waals surface area contributed by atoms with E-state index in [0.717, 1.165) is 36.2 Å². The van der Waals surface area contributed by atoms with Gasteiger partial charge in [0.2, 0.25) is 11.8 Å². The standard InChI is InChI=1S/C19H20N6O2/c1-3-18(26)24-7-5-13-16(24)8-17(13)27-19-15-4-6-20-25(15)11-14(22-19)12-9-21-23(2)10-12/h3-4,6,9-11,13,16-17H,1,5,7-8H2,2H3/t13-,16-,17+/m1/s1. The van der Waals surface area contributed by atoms with E-state index < -0.39 is 0 Å². The van der Waals surface area contributed by atoms with Crippen molar-refractivity contribution in [3.63, 3.8) is 0 Å². The molecule has 0 aromatic carbocycles. The second kappa shape index (κ2) is 5.94. The molecule has 1 aliphatic heterocycles. The van der Waals surface area contributed by atoms with Crippen LogP contribution >= 0.6 is 0 Å². The Hall–Kier alpha value is -3.16. The van der Waals surface area contributed by atoms with E-state index in [9.17, 15) is 4.79 Å². The first-order valence-corrected chi connectivity index (χ1v) is 9.07. The fraction of sp³-hybridized carbons (Fsp3) is 0.368. The average molecular weight is 364 g/mol. The highest BCUT2D eigenvalue weighted by Crippen LogP contribution is 2.43. The Balaban J connectivity index is 1.42. The van der Waals surface area contributed by atoms with Gasteiger partial charge in [-0.15, -0.1) is 0 Å². The zero-order valence-electron chi connectivity index (χ0n) is 15.0. The number of likely N-dealkylation sites (tertiary alicyclic amines) is 1. The van der Waals surface area contributed by atoms with Crippen LogP contribution in [0.3, 0.4) is 0 Å². The second-order valence-electron chi connectivity index (χ2n) is 7.14. The van der Waals surface area contributed by atoms with Gasteiger partial charge in [-0.05, 0) is 18.6 Å². The van der Waals surface area contributed by atoms with Crippen molar-refractivity contribution in [3.05, 3.63) is 43.5 Å². The lowest BCUT2D eigenvalue weighted by molar-refractivity contribution is -0.130. The summed E-state index contributed by atoms with van der Waals surface area (Å²) in [6, 6.07) is 2.15. The van der Waals surface area contributed by atoms with E-state index in [1.54, 1.807) is 21.6 Å². The SMILES string of the molecule is C=CC(=O)N1CC[C@H]2[C@@H](Oc3nc(-c4cnn(C)c4)cn4nccc34)C[C@H]21. The Kier molecular flexibility index (Phi) is 3.53. The van der Waals surface area contributed by atoms with Gasteiger partial charge in [-0.1, -0.05) is 6.58 Å².